The van der Waals surface area contributed by atoms with Gasteiger partial charge in [-0.3, -0.25) is 9.36 Å². The molecule has 0 bridgehead atoms. The van der Waals surface area contributed by atoms with Crippen molar-refractivity contribution in [3.63, 3.8) is 0 Å². The number of benzene rings is 4. The highest BCUT2D eigenvalue weighted by Gasteiger charge is 2.40. The lowest BCUT2D eigenvalue weighted by molar-refractivity contribution is -0.118. The first-order valence-electron chi connectivity index (χ1n) is 11.4. The van der Waals surface area contributed by atoms with E-state index in [1.807, 2.05) is 60.7 Å². The van der Waals surface area contributed by atoms with E-state index in [1.54, 1.807) is 18.0 Å². The number of fused-ring (bicyclic) bond motifs is 2. The summed E-state index contributed by atoms with van der Waals surface area (Å²) in [5.41, 5.74) is 6.07. The average Bonchev–Trinajstić information content (AvgIpc) is 3.31. The topological polar surface area (TPSA) is 75.7 Å². The fraction of sp³-hybridized carbons (Fsp3) is 0.103. The number of aromatic nitrogens is 1. The molecule has 5 aromatic rings. The highest BCUT2D eigenvalue weighted by Crippen LogP contribution is 2.45. The van der Waals surface area contributed by atoms with Crippen LogP contribution in [0, 0.1) is 0 Å². The molecule has 1 aliphatic rings. The molecule has 6 nitrogen and oxygen atoms in total. The van der Waals surface area contributed by atoms with Crippen LogP contribution in [0.1, 0.15) is 22.6 Å². The van der Waals surface area contributed by atoms with E-state index in [9.17, 15) is 14.7 Å². The number of phenolic OH excluding ortho intramolecular Hbond substituents is 1. The number of rotatable bonds is 4. The molecule has 4 aromatic carbocycles. The molecule has 1 aliphatic heterocycles. The van der Waals surface area contributed by atoms with E-state index in [0.29, 0.717) is 17.6 Å². The van der Waals surface area contributed by atoms with E-state index < -0.39 is 11.7 Å². The second-order valence-corrected chi connectivity index (χ2v) is 8.75. The van der Waals surface area contributed by atoms with Crippen molar-refractivity contribution in [1.29, 1.82) is 0 Å². The van der Waals surface area contributed by atoms with E-state index in [1.165, 1.54) is 10.6 Å². The molecule has 0 saturated heterocycles. The highest BCUT2D eigenvalue weighted by molar-refractivity contribution is 6.07. The standard InChI is InChI=1S/C29H22N2O4/c1-30-24-15-22(25(32)16-26(24)35-29(30)34)27-21-13-7-8-14-23(21)31(28(27)33)17-19-11-5-6-12-20(19)18-9-3-2-4-10-18/h2-16,27,32H,17H2,1H3. The van der Waals surface area contributed by atoms with E-state index in [2.05, 4.69) is 18.2 Å². The first-order chi connectivity index (χ1) is 17.0. The smallest absolute Gasteiger partial charge is 0.419 e. The van der Waals surface area contributed by atoms with Gasteiger partial charge in [0.05, 0.1) is 18.0 Å². The summed E-state index contributed by atoms with van der Waals surface area (Å²) in [5, 5.41) is 10.8. The van der Waals surface area contributed by atoms with Crippen molar-refractivity contribution in [3.8, 4) is 16.9 Å². The van der Waals surface area contributed by atoms with Crippen molar-refractivity contribution in [2.24, 2.45) is 7.05 Å². The number of carbonyl (C=O) groups is 1. The zero-order valence-corrected chi connectivity index (χ0v) is 19.0. The predicted octanol–water partition coefficient (Wildman–Crippen LogP) is 5.18. The molecule has 1 aromatic heterocycles. The normalized spacial score (nSPS) is 15.1. The molecule has 6 rings (SSSR count). The van der Waals surface area contributed by atoms with E-state index in [-0.39, 0.29) is 17.2 Å². The van der Waals surface area contributed by atoms with Gasteiger partial charge in [-0.05, 0) is 34.4 Å². The molecule has 1 unspecified atom stereocenters. The van der Waals surface area contributed by atoms with E-state index >= 15 is 0 Å². The number of carbonyl (C=O) groups excluding carboxylic acids is 1. The van der Waals surface area contributed by atoms with Gasteiger partial charge in [-0.2, -0.15) is 0 Å². The van der Waals surface area contributed by atoms with Crippen LogP contribution in [0.5, 0.6) is 5.75 Å². The lowest BCUT2D eigenvalue weighted by Crippen LogP contribution is -2.29. The Morgan fingerprint density at radius 2 is 1.57 bits per heavy atom. The van der Waals surface area contributed by atoms with Crippen molar-refractivity contribution >= 4 is 22.7 Å². The fourth-order valence-corrected chi connectivity index (χ4v) is 4.99. The predicted molar refractivity (Wildman–Crippen MR) is 134 cm³/mol. The van der Waals surface area contributed by atoms with Gasteiger partial charge in [-0.15, -0.1) is 0 Å². The first kappa shape index (κ1) is 21.0. The largest absolute Gasteiger partial charge is 0.507 e. The summed E-state index contributed by atoms with van der Waals surface area (Å²) in [6.07, 6.45) is 0. The maximum atomic E-state index is 13.9. The Bertz CT molecular complexity index is 1650. The van der Waals surface area contributed by atoms with Gasteiger partial charge in [0, 0.05) is 24.4 Å². The summed E-state index contributed by atoms with van der Waals surface area (Å²) in [4.78, 5) is 27.7. The number of anilines is 1. The summed E-state index contributed by atoms with van der Waals surface area (Å²) in [7, 11) is 1.60. The van der Waals surface area contributed by atoms with Gasteiger partial charge in [0.15, 0.2) is 5.58 Å². The van der Waals surface area contributed by atoms with Gasteiger partial charge in [0.2, 0.25) is 5.91 Å². The van der Waals surface area contributed by atoms with Crippen LogP contribution in [0.3, 0.4) is 0 Å². The van der Waals surface area contributed by atoms with Crippen LogP contribution < -0.4 is 10.7 Å². The number of hydrogen-bond acceptors (Lipinski definition) is 4. The molecule has 1 atom stereocenters. The minimum Gasteiger partial charge on any atom is -0.507 e. The van der Waals surface area contributed by atoms with Crippen LogP contribution in [0.2, 0.25) is 0 Å². The number of oxazole rings is 1. The average molecular weight is 463 g/mol. The summed E-state index contributed by atoms with van der Waals surface area (Å²) < 4.78 is 6.57. The second-order valence-electron chi connectivity index (χ2n) is 8.75. The molecular weight excluding hydrogens is 440 g/mol. The summed E-state index contributed by atoms with van der Waals surface area (Å²) in [6, 6.07) is 28.9. The van der Waals surface area contributed by atoms with Crippen molar-refractivity contribution in [3.05, 3.63) is 118 Å². The Balaban J connectivity index is 1.45. The number of aryl methyl sites for hydroxylation is 1. The van der Waals surface area contributed by atoms with E-state index in [0.717, 1.165) is 27.9 Å². The zero-order valence-electron chi connectivity index (χ0n) is 19.0. The van der Waals surface area contributed by atoms with Crippen LogP contribution in [0.15, 0.2) is 100 Å². The van der Waals surface area contributed by atoms with Crippen LogP contribution in [0.25, 0.3) is 22.2 Å². The highest BCUT2D eigenvalue weighted by atomic mass is 16.4. The maximum absolute atomic E-state index is 13.9. The molecule has 0 saturated carbocycles. The fourth-order valence-electron chi connectivity index (χ4n) is 4.99. The summed E-state index contributed by atoms with van der Waals surface area (Å²) in [6.45, 7) is 0.393. The number of phenols is 1. The molecule has 0 fully saturated rings. The molecule has 0 aliphatic carbocycles. The Labute approximate surface area is 201 Å². The minimum absolute atomic E-state index is 0.0773. The maximum Gasteiger partial charge on any atom is 0.419 e. The minimum atomic E-state index is -0.690. The molecular formula is C29H22N2O4. The number of nitrogens with zero attached hydrogens (tertiary/aromatic N) is 2. The second kappa shape index (κ2) is 8.02. The lowest BCUT2D eigenvalue weighted by Gasteiger charge is -2.20. The molecule has 172 valence electrons. The Hall–Kier alpha value is -4.58. The lowest BCUT2D eigenvalue weighted by atomic mass is 9.91. The van der Waals surface area contributed by atoms with Gasteiger partial charge in [-0.1, -0.05) is 72.8 Å². The van der Waals surface area contributed by atoms with Crippen LogP contribution in [0.4, 0.5) is 5.69 Å². The molecule has 0 spiro atoms. The molecule has 2 heterocycles. The van der Waals surface area contributed by atoms with E-state index in [4.69, 9.17) is 4.42 Å². The molecule has 1 amide bonds. The molecule has 0 radical (unpaired) electrons. The summed E-state index contributed by atoms with van der Waals surface area (Å²) in [5.74, 6) is -1.41. The quantitative estimate of drug-likeness (QED) is 0.399. The Kier molecular flexibility index (Phi) is 4.81. The van der Waals surface area contributed by atoms with Gasteiger partial charge in [0.25, 0.3) is 0 Å². The van der Waals surface area contributed by atoms with Crippen LogP contribution in [-0.4, -0.2) is 15.6 Å². The molecule has 6 heteroatoms. The monoisotopic (exact) mass is 462 g/mol. The number of aromatic hydroxyl groups is 1. The van der Waals surface area contributed by atoms with Crippen molar-refractivity contribution in [2.75, 3.05) is 4.90 Å². The van der Waals surface area contributed by atoms with Gasteiger partial charge in [-0.25, -0.2) is 4.79 Å². The van der Waals surface area contributed by atoms with Crippen molar-refractivity contribution in [2.45, 2.75) is 12.5 Å². The van der Waals surface area contributed by atoms with Crippen LogP contribution >= 0.6 is 0 Å². The number of hydrogen-bond donors (Lipinski definition) is 1. The van der Waals surface area contributed by atoms with Gasteiger partial charge >= 0.3 is 5.76 Å². The summed E-state index contributed by atoms with van der Waals surface area (Å²) >= 11 is 0. The molecule has 1 N–H and O–H groups in total. The SMILES string of the molecule is Cn1c(=O)oc2cc(O)c(C3C(=O)N(Cc4ccccc4-c4ccccc4)c4ccccc43)cc21. The van der Waals surface area contributed by atoms with Gasteiger partial charge in [0.1, 0.15) is 5.75 Å². The number of para-hydroxylation sites is 1. The Morgan fingerprint density at radius 3 is 2.40 bits per heavy atom. The Morgan fingerprint density at radius 1 is 0.857 bits per heavy atom. The third kappa shape index (κ3) is 3.34. The van der Waals surface area contributed by atoms with Crippen LogP contribution in [-0.2, 0) is 18.4 Å². The van der Waals surface area contributed by atoms with Crippen molar-refractivity contribution in [1.82, 2.24) is 4.57 Å². The third-order valence-corrected chi connectivity index (χ3v) is 6.73. The van der Waals surface area contributed by atoms with Crippen molar-refractivity contribution < 1.29 is 14.3 Å². The van der Waals surface area contributed by atoms with Gasteiger partial charge < -0.3 is 14.4 Å². The zero-order chi connectivity index (χ0) is 24.1. The number of amides is 1. The molecule has 35 heavy (non-hydrogen) atoms. The first-order valence-corrected chi connectivity index (χ1v) is 11.4. The third-order valence-electron chi connectivity index (χ3n) is 6.73.